The topological polar surface area (TPSA) is 24.1 Å². The van der Waals surface area contributed by atoms with Crippen molar-refractivity contribution in [2.24, 2.45) is 0 Å². The van der Waals surface area contributed by atoms with Crippen molar-refractivity contribution in [3.05, 3.63) is 83.7 Å². The van der Waals surface area contributed by atoms with Gasteiger partial charge in [0.1, 0.15) is 5.82 Å². The summed E-state index contributed by atoms with van der Waals surface area (Å²) >= 11 is 3.42. The van der Waals surface area contributed by atoms with E-state index in [4.69, 9.17) is 0 Å². The van der Waals surface area contributed by atoms with E-state index in [2.05, 4.69) is 41.2 Å². The normalized spacial score (nSPS) is 10.6. The Morgan fingerprint density at radius 1 is 0.704 bits per heavy atom. The third kappa shape index (κ3) is 5.68. The summed E-state index contributed by atoms with van der Waals surface area (Å²) in [6.45, 7) is 1.06. The zero-order valence-corrected chi connectivity index (χ0v) is 17.1. The molecule has 0 saturated heterocycles. The summed E-state index contributed by atoms with van der Waals surface area (Å²) in [6, 6.07) is 21.8. The predicted octanol–water partition coefficient (Wildman–Crippen LogP) is 6.49. The Bertz CT molecular complexity index is 864. The molecule has 0 aliphatic rings. The number of thioether (sulfide) groups is 2. The maximum Gasteiger partial charge on any atom is 0.128 e. The van der Waals surface area contributed by atoms with Crippen LogP contribution in [0.3, 0.4) is 0 Å². The van der Waals surface area contributed by atoms with Gasteiger partial charge in [0.25, 0.3) is 0 Å². The van der Waals surface area contributed by atoms with Crippen LogP contribution < -0.4 is 10.6 Å². The van der Waals surface area contributed by atoms with E-state index < -0.39 is 0 Å². The Balaban J connectivity index is 1.55. The molecule has 0 bridgehead atoms. The fourth-order valence-electron chi connectivity index (χ4n) is 2.66. The zero-order valence-electron chi connectivity index (χ0n) is 15.5. The Hall–Kier alpha value is -2.11. The quantitative estimate of drug-likeness (QED) is 0.423. The van der Waals surface area contributed by atoms with E-state index >= 15 is 0 Å². The van der Waals surface area contributed by atoms with Gasteiger partial charge in [0.2, 0.25) is 0 Å². The second kappa shape index (κ2) is 9.72. The third-order valence-electron chi connectivity index (χ3n) is 4.28. The first-order valence-corrected chi connectivity index (χ1v) is 11.2. The number of hydrogen-bond acceptors (Lipinski definition) is 4. The largest absolute Gasteiger partial charge is 0.381 e. The second-order valence-electron chi connectivity index (χ2n) is 6.09. The van der Waals surface area contributed by atoms with Gasteiger partial charge in [-0.1, -0.05) is 12.1 Å². The first-order valence-electron chi connectivity index (χ1n) is 8.71. The lowest BCUT2D eigenvalue weighted by atomic mass is 10.1. The van der Waals surface area contributed by atoms with Crippen molar-refractivity contribution in [3.8, 4) is 0 Å². The van der Waals surface area contributed by atoms with Crippen LogP contribution in [-0.2, 0) is 13.1 Å². The zero-order chi connectivity index (χ0) is 19.1. The molecule has 0 aromatic heterocycles. The van der Waals surface area contributed by atoms with E-state index in [1.165, 1.54) is 9.79 Å². The van der Waals surface area contributed by atoms with Crippen LogP contribution in [0.2, 0.25) is 0 Å². The molecular formula is C22H23FN2S2. The van der Waals surface area contributed by atoms with Crippen molar-refractivity contribution in [1.82, 2.24) is 0 Å². The standard InChI is InChI=1S/C22H23FN2S2/c1-26-20-9-5-18(6-10-20)24-14-16-3-4-17(22(23)13-16)15-25-19-7-11-21(27-2)12-8-19/h3-13,24-25H,14-15H2,1-2H3. The minimum absolute atomic E-state index is 0.180. The molecule has 0 aliphatic heterocycles. The highest BCUT2D eigenvalue weighted by atomic mass is 32.2. The number of halogens is 1. The summed E-state index contributed by atoms with van der Waals surface area (Å²) in [4.78, 5) is 2.44. The molecule has 27 heavy (non-hydrogen) atoms. The van der Waals surface area contributed by atoms with Crippen molar-refractivity contribution in [2.45, 2.75) is 22.9 Å². The molecule has 5 heteroatoms. The van der Waals surface area contributed by atoms with Crippen molar-refractivity contribution < 1.29 is 4.39 Å². The van der Waals surface area contributed by atoms with Crippen LogP contribution in [-0.4, -0.2) is 12.5 Å². The van der Waals surface area contributed by atoms with Gasteiger partial charge >= 0.3 is 0 Å². The lowest BCUT2D eigenvalue weighted by Gasteiger charge is -2.11. The molecule has 0 aliphatic carbocycles. The van der Waals surface area contributed by atoms with Crippen molar-refractivity contribution in [2.75, 3.05) is 23.1 Å². The van der Waals surface area contributed by atoms with Crippen molar-refractivity contribution >= 4 is 34.9 Å². The Morgan fingerprint density at radius 3 is 1.70 bits per heavy atom. The predicted molar refractivity (Wildman–Crippen MR) is 117 cm³/mol. The van der Waals surface area contributed by atoms with Gasteiger partial charge in [0, 0.05) is 39.8 Å². The van der Waals surface area contributed by atoms with Gasteiger partial charge in [-0.25, -0.2) is 4.39 Å². The molecule has 2 N–H and O–H groups in total. The molecule has 0 atom stereocenters. The summed E-state index contributed by atoms with van der Waals surface area (Å²) < 4.78 is 14.4. The molecule has 0 spiro atoms. The minimum Gasteiger partial charge on any atom is -0.381 e. The summed E-state index contributed by atoms with van der Waals surface area (Å²) in [7, 11) is 0. The SMILES string of the molecule is CSc1ccc(NCc2ccc(CNc3ccc(SC)cc3)c(F)c2)cc1. The minimum atomic E-state index is -0.180. The number of rotatable bonds is 8. The fourth-order valence-corrected chi connectivity index (χ4v) is 3.48. The van der Waals surface area contributed by atoms with Gasteiger partial charge in [0.05, 0.1) is 0 Å². The number of nitrogens with one attached hydrogen (secondary N) is 2. The number of anilines is 2. The van der Waals surface area contributed by atoms with E-state index in [0.717, 1.165) is 16.9 Å². The van der Waals surface area contributed by atoms with Crippen LogP contribution in [0, 0.1) is 5.82 Å². The van der Waals surface area contributed by atoms with Gasteiger partial charge in [0.15, 0.2) is 0 Å². The highest BCUT2D eigenvalue weighted by molar-refractivity contribution is 7.98. The molecule has 3 rings (SSSR count). The Morgan fingerprint density at radius 2 is 1.22 bits per heavy atom. The average molecular weight is 399 g/mol. The van der Waals surface area contributed by atoms with E-state index in [0.29, 0.717) is 18.7 Å². The summed E-state index contributed by atoms with van der Waals surface area (Å²) in [5.74, 6) is -0.180. The molecule has 140 valence electrons. The highest BCUT2D eigenvalue weighted by Gasteiger charge is 2.04. The molecule has 0 heterocycles. The highest BCUT2D eigenvalue weighted by Crippen LogP contribution is 2.20. The lowest BCUT2D eigenvalue weighted by Crippen LogP contribution is -2.04. The van der Waals surface area contributed by atoms with E-state index in [-0.39, 0.29) is 5.82 Å². The molecule has 0 fully saturated rings. The summed E-state index contributed by atoms with van der Waals surface area (Å²) in [6.07, 6.45) is 4.11. The van der Waals surface area contributed by atoms with E-state index in [9.17, 15) is 4.39 Å². The van der Waals surface area contributed by atoms with Gasteiger partial charge < -0.3 is 10.6 Å². The Kier molecular flexibility index (Phi) is 7.07. The first kappa shape index (κ1) is 19.6. The molecular weight excluding hydrogens is 375 g/mol. The number of hydrogen-bond donors (Lipinski definition) is 2. The van der Waals surface area contributed by atoms with Crippen LogP contribution in [0.4, 0.5) is 15.8 Å². The van der Waals surface area contributed by atoms with Crippen LogP contribution >= 0.6 is 23.5 Å². The van der Waals surface area contributed by atoms with Gasteiger partial charge in [-0.05, 0) is 72.7 Å². The molecule has 0 amide bonds. The lowest BCUT2D eigenvalue weighted by molar-refractivity contribution is 0.611. The smallest absolute Gasteiger partial charge is 0.128 e. The first-order chi connectivity index (χ1) is 13.2. The monoisotopic (exact) mass is 398 g/mol. The van der Waals surface area contributed by atoms with Gasteiger partial charge in [-0.15, -0.1) is 23.5 Å². The molecule has 0 saturated carbocycles. The van der Waals surface area contributed by atoms with Crippen LogP contribution in [0.5, 0.6) is 0 Å². The van der Waals surface area contributed by atoms with Crippen molar-refractivity contribution in [1.29, 1.82) is 0 Å². The van der Waals surface area contributed by atoms with E-state index in [1.54, 1.807) is 29.6 Å². The Labute approximate surface area is 169 Å². The van der Waals surface area contributed by atoms with Crippen LogP contribution in [0.25, 0.3) is 0 Å². The fraction of sp³-hybridized carbons (Fsp3) is 0.182. The molecule has 3 aromatic rings. The second-order valence-corrected chi connectivity index (χ2v) is 7.85. The molecule has 3 aromatic carbocycles. The summed E-state index contributed by atoms with van der Waals surface area (Å²) in [5.41, 5.74) is 3.62. The maximum absolute atomic E-state index is 14.4. The van der Waals surface area contributed by atoms with E-state index in [1.807, 2.05) is 42.7 Å². The van der Waals surface area contributed by atoms with Crippen LogP contribution in [0.1, 0.15) is 11.1 Å². The maximum atomic E-state index is 14.4. The molecule has 2 nitrogen and oxygen atoms in total. The van der Waals surface area contributed by atoms with Crippen molar-refractivity contribution in [3.63, 3.8) is 0 Å². The average Bonchev–Trinajstić information content (AvgIpc) is 2.72. The van der Waals surface area contributed by atoms with Crippen LogP contribution in [0.15, 0.2) is 76.5 Å². The molecule has 0 radical (unpaired) electrons. The third-order valence-corrected chi connectivity index (χ3v) is 5.76. The summed E-state index contributed by atoms with van der Waals surface area (Å²) in [5, 5.41) is 6.61. The van der Waals surface area contributed by atoms with Gasteiger partial charge in [-0.3, -0.25) is 0 Å². The number of benzene rings is 3. The molecule has 0 unspecified atom stereocenters. The van der Waals surface area contributed by atoms with Gasteiger partial charge in [-0.2, -0.15) is 0 Å².